The standard InChI is InChI=1S/C15H14N2OS.C7H11F3O2.C6H13NO2S/c1-10(2)18-15-14(13-8-5-9-19-13)16-11-6-3-4-7-12(11)17-15;1-4(2)5(11)6(3,12)7(8,9)10;1-5(2)7-10(8,9)6-3-4-6/h3-10H,1-2H3;4,12H,1-3H3;5-7H,3-4H2,1-2H3/t;6-;/m.0./s1. The summed E-state index contributed by atoms with van der Waals surface area (Å²) < 4.78 is 66.5. The molecular formula is C28H38F3N3O5S2. The first kappa shape index (κ1) is 34.6. The Morgan fingerprint density at radius 3 is 1.98 bits per heavy atom. The lowest BCUT2D eigenvalue weighted by Crippen LogP contribution is -2.51. The molecule has 2 N–H and O–H groups in total. The van der Waals surface area contributed by atoms with Gasteiger partial charge in [-0.1, -0.05) is 32.0 Å². The molecule has 1 saturated carbocycles. The highest BCUT2D eigenvalue weighted by Gasteiger charge is 2.55. The monoisotopic (exact) mass is 617 g/mol. The summed E-state index contributed by atoms with van der Waals surface area (Å²) in [6.07, 6.45) is -3.15. The maximum absolute atomic E-state index is 12.0. The van der Waals surface area contributed by atoms with Crippen LogP contribution in [-0.4, -0.2) is 58.4 Å². The maximum atomic E-state index is 12.0. The van der Waals surface area contributed by atoms with Crippen molar-refractivity contribution < 1.29 is 36.2 Å². The summed E-state index contributed by atoms with van der Waals surface area (Å²) in [4.78, 5) is 21.2. The number of para-hydroxylation sites is 2. The molecule has 0 saturated heterocycles. The first-order valence-corrected chi connectivity index (χ1v) is 15.6. The molecule has 0 aliphatic heterocycles. The molecular weight excluding hydrogens is 579 g/mol. The third kappa shape index (κ3) is 10.0. The lowest BCUT2D eigenvalue weighted by atomic mass is 9.92. The number of aliphatic hydroxyl groups is 1. The van der Waals surface area contributed by atoms with Crippen LogP contribution in [0.5, 0.6) is 5.88 Å². The van der Waals surface area contributed by atoms with Crippen molar-refractivity contribution >= 4 is 38.2 Å². The second kappa shape index (κ2) is 14.0. The van der Waals surface area contributed by atoms with E-state index in [4.69, 9.17) is 14.8 Å². The van der Waals surface area contributed by atoms with Crippen LogP contribution < -0.4 is 9.46 Å². The van der Waals surface area contributed by atoms with Crippen LogP contribution in [0.25, 0.3) is 21.6 Å². The number of thiophene rings is 1. The molecule has 0 unspecified atom stereocenters. The topological polar surface area (TPSA) is 118 Å². The van der Waals surface area contributed by atoms with Gasteiger partial charge < -0.3 is 9.84 Å². The molecule has 1 aliphatic rings. The molecule has 8 nitrogen and oxygen atoms in total. The van der Waals surface area contributed by atoms with Gasteiger partial charge in [0.2, 0.25) is 21.5 Å². The molecule has 1 aliphatic carbocycles. The van der Waals surface area contributed by atoms with E-state index in [0.717, 1.165) is 34.4 Å². The van der Waals surface area contributed by atoms with Crippen molar-refractivity contribution in [3.63, 3.8) is 0 Å². The fourth-order valence-electron chi connectivity index (χ4n) is 3.37. The Kier molecular flexibility index (Phi) is 11.8. The van der Waals surface area contributed by atoms with Gasteiger partial charge in [0.15, 0.2) is 5.78 Å². The van der Waals surface area contributed by atoms with Crippen LogP contribution in [0.2, 0.25) is 0 Å². The van der Waals surface area contributed by atoms with Crippen molar-refractivity contribution in [3.8, 4) is 16.5 Å². The molecule has 0 spiro atoms. The van der Waals surface area contributed by atoms with E-state index in [1.807, 2.05) is 69.5 Å². The molecule has 1 fully saturated rings. The zero-order valence-electron chi connectivity index (χ0n) is 24.2. The van der Waals surface area contributed by atoms with Crippen molar-refractivity contribution in [3.05, 3.63) is 41.8 Å². The highest BCUT2D eigenvalue weighted by Crippen LogP contribution is 2.33. The number of ketones is 1. The Bertz CT molecular complexity index is 1390. The minimum absolute atomic E-state index is 0.0330. The van der Waals surface area contributed by atoms with Crippen LogP contribution in [-0.2, 0) is 14.8 Å². The minimum atomic E-state index is -4.89. The van der Waals surface area contributed by atoms with E-state index in [1.54, 1.807) is 11.3 Å². The zero-order valence-corrected chi connectivity index (χ0v) is 25.8. The van der Waals surface area contributed by atoms with E-state index in [1.165, 1.54) is 13.8 Å². The Morgan fingerprint density at radius 2 is 1.59 bits per heavy atom. The highest BCUT2D eigenvalue weighted by molar-refractivity contribution is 7.90. The number of nitrogens with one attached hydrogen (secondary N) is 1. The average molecular weight is 618 g/mol. The molecule has 41 heavy (non-hydrogen) atoms. The summed E-state index contributed by atoms with van der Waals surface area (Å²) in [5, 5.41) is 10.8. The number of aromatic nitrogens is 2. The Labute approximate surface area is 243 Å². The van der Waals surface area contributed by atoms with Crippen LogP contribution >= 0.6 is 11.3 Å². The molecule has 2 aromatic heterocycles. The van der Waals surface area contributed by atoms with E-state index in [2.05, 4.69) is 9.71 Å². The number of carbonyl (C=O) groups excluding carboxylic acids is 1. The second-order valence-corrected chi connectivity index (χ2v) is 13.6. The van der Waals surface area contributed by atoms with Gasteiger partial charge in [-0.05, 0) is 71.0 Å². The molecule has 0 amide bonds. The molecule has 0 radical (unpaired) electrons. The highest BCUT2D eigenvalue weighted by atomic mass is 32.2. The number of halogens is 3. The van der Waals surface area contributed by atoms with E-state index < -0.39 is 33.5 Å². The largest absolute Gasteiger partial charge is 0.473 e. The number of carbonyl (C=O) groups is 1. The van der Waals surface area contributed by atoms with Crippen molar-refractivity contribution in [1.82, 2.24) is 14.7 Å². The van der Waals surface area contributed by atoms with Crippen LogP contribution in [0.3, 0.4) is 0 Å². The molecule has 0 bridgehead atoms. The summed E-state index contributed by atoms with van der Waals surface area (Å²) in [5.41, 5.74) is -0.649. The minimum Gasteiger partial charge on any atom is -0.473 e. The number of sulfonamides is 1. The molecule has 3 aromatic rings. The average Bonchev–Trinajstić information content (AvgIpc) is 3.58. The van der Waals surface area contributed by atoms with Gasteiger partial charge >= 0.3 is 6.18 Å². The Hall–Kier alpha value is -2.61. The fraction of sp³-hybridized carbons (Fsp3) is 0.536. The SMILES string of the molecule is CC(C)C(=O)[C@](C)(O)C(F)(F)F.CC(C)NS(=O)(=O)C1CC1.CC(C)Oc1nc2ccccc2nc1-c1cccs1. The maximum Gasteiger partial charge on any atom is 0.424 e. The normalized spacial score (nSPS) is 15.2. The number of benzene rings is 1. The third-order valence-corrected chi connectivity index (χ3v) is 8.59. The van der Waals surface area contributed by atoms with Gasteiger partial charge in [0.25, 0.3) is 0 Å². The molecule has 2 heterocycles. The van der Waals surface area contributed by atoms with Gasteiger partial charge in [-0.25, -0.2) is 23.1 Å². The summed E-state index contributed by atoms with van der Waals surface area (Å²) in [6.45, 7) is 10.7. The van der Waals surface area contributed by atoms with Gasteiger partial charge in [-0.15, -0.1) is 11.3 Å². The van der Waals surface area contributed by atoms with Crippen LogP contribution in [0.4, 0.5) is 13.2 Å². The molecule has 1 aromatic carbocycles. The third-order valence-electron chi connectivity index (χ3n) is 5.56. The van der Waals surface area contributed by atoms with Crippen molar-refractivity contribution in [2.24, 2.45) is 5.92 Å². The predicted octanol–water partition coefficient (Wildman–Crippen LogP) is 6.15. The summed E-state index contributed by atoms with van der Waals surface area (Å²) in [6, 6.07) is 11.9. The predicted molar refractivity (Wildman–Crippen MR) is 155 cm³/mol. The number of Topliss-reactive ketones (excluding diaryl/α,β-unsaturated/α-hetero) is 1. The first-order valence-electron chi connectivity index (χ1n) is 13.2. The van der Waals surface area contributed by atoms with Gasteiger partial charge in [0.05, 0.1) is 27.3 Å². The van der Waals surface area contributed by atoms with Crippen molar-refractivity contribution in [2.75, 3.05) is 0 Å². The number of nitrogens with zero attached hydrogens (tertiary/aromatic N) is 2. The van der Waals surface area contributed by atoms with Crippen LogP contribution in [0, 0.1) is 5.92 Å². The first-order chi connectivity index (χ1) is 18.9. The Morgan fingerprint density at radius 1 is 1.02 bits per heavy atom. The molecule has 1 atom stereocenters. The van der Waals surface area contributed by atoms with E-state index in [0.29, 0.717) is 12.8 Å². The quantitative estimate of drug-likeness (QED) is 0.311. The molecule has 4 rings (SSSR count). The lowest BCUT2D eigenvalue weighted by molar-refractivity contribution is -0.245. The van der Waals surface area contributed by atoms with Gasteiger partial charge in [0, 0.05) is 12.0 Å². The number of alkyl halides is 3. The summed E-state index contributed by atoms with van der Waals surface area (Å²) in [7, 11) is -2.94. The number of ether oxygens (including phenoxy) is 1. The Balaban J connectivity index is 0.000000232. The fourth-order valence-corrected chi connectivity index (χ4v) is 5.68. The van der Waals surface area contributed by atoms with Crippen molar-refractivity contribution in [2.45, 2.75) is 90.5 Å². The summed E-state index contributed by atoms with van der Waals surface area (Å²) >= 11 is 1.64. The molecule has 13 heteroatoms. The molecule has 228 valence electrons. The number of hydrogen-bond acceptors (Lipinski definition) is 8. The van der Waals surface area contributed by atoms with Gasteiger partial charge in [-0.3, -0.25) is 4.79 Å². The second-order valence-electron chi connectivity index (χ2n) is 10.6. The van der Waals surface area contributed by atoms with E-state index >= 15 is 0 Å². The van der Waals surface area contributed by atoms with E-state index in [9.17, 15) is 26.4 Å². The van der Waals surface area contributed by atoms with Crippen molar-refractivity contribution in [1.29, 1.82) is 0 Å². The van der Waals surface area contributed by atoms with Gasteiger partial charge in [0.1, 0.15) is 5.69 Å². The number of hydrogen-bond donors (Lipinski definition) is 2. The smallest absolute Gasteiger partial charge is 0.424 e. The summed E-state index contributed by atoms with van der Waals surface area (Å²) in [5.74, 6) is -1.44. The van der Waals surface area contributed by atoms with Crippen LogP contribution in [0.1, 0.15) is 61.3 Å². The zero-order chi connectivity index (χ0) is 31.2. The van der Waals surface area contributed by atoms with E-state index in [-0.39, 0.29) is 17.4 Å². The number of fused-ring (bicyclic) bond motifs is 1. The van der Waals surface area contributed by atoms with Crippen LogP contribution in [0.15, 0.2) is 41.8 Å². The van der Waals surface area contributed by atoms with Gasteiger partial charge in [-0.2, -0.15) is 13.2 Å². The number of rotatable bonds is 8. The lowest BCUT2D eigenvalue weighted by Gasteiger charge is -2.26.